The quantitative estimate of drug-likeness (QED) is 0.824. The smallest absolute Gasteiger partial charge is 0.256 e. The van der Waals surface area contributed by atoms with Gasteiger partial charge in [-0.3, -0.25) is 4.79 Å². The van der Waals surface area contributed by atoms with Crippen LogP contribution in [0.4, 0.5) is 10.1 Å². The van der Waals surface area contributed by atoms with Crippen LogP contribution in [-0.4, -0.2) is 5.91 Å². The number of nitrogens with one attached hydrogen (secondary N) is 1. The summed E-state index contributed by atoms with van der Waals surface area (Å²) in [5, 5.41) is 6.47. The lowest BCUT2D eigenvalue weighted by Crippen LogP contribution is -2.13. The monoisotopic (exact) mass is 347 g/mol. The van der Waals surface area contributed by atoms with Crippen molar-refractivity contribution in [3.63, 3.8) is 0 Å². The summed E-state index contributed by atoms with van der Waals surface area (Å²) < 4.78 is 13.5. The summed E-state index contributed by atoms with van der Waals surface area (Å²) in [6.45, 7) is 1.85. The molecule has 1 aromatic heterocycles. The Bertz CT molecular complexity index is 591. The molecular weight excluding hydrogens is 341 g/mol. The van der Waals surface area contributed by atoms with Crippen LogP contribution in [0.25, 0.3) is 0 Å². The molecular formula is C12H8BrClFNOS. The number of halogens is 3. The predicted molar refractivity (Wildman–Crippen MR) is 76.1 cm³/mol. The molecule has 0 fully saturated rings. The van der Waals surface area contributed by atoms with Gasteiger partial charge >= 0.3 is 0 Å². The number of hydrogen-bond acceptors (Lipinski definition) is 2. The zero-order valence-corrected chi connectivity index (χ0v) is 12.4. The van der Waals surface area contributed by atoms with E-state index in [-0.39, 0.29) is 10.9 Å². The minimum Gasteiger partial charge on any atom is -0.320 e. The van der Waals surface area contributed by atoms with Crippen molar-refractivity contribution < 1.29 is 9.18 Å². The Hall–Kier alpha value is -0.910. The molecule has 1 N–H and O–H groups in total. The third-order valence-corrected chi connectivity index (χ3v) is 4.13. The van der Waals surface area contributed by atoms with Crippen LogP contribution in [0.2, 0.25) is 5.02 Å². The molecule has 0 unspecified atom stereocenters. The number of hydrogen-bond donors (Lipinski definition) is 1. The Morgan fingerprint density at radius 1 is 1.44 bits per heavy atom. The zero-order valence-electron chi connectivity index (χ0n) is 9.26. The van der Waals surface area contributed by atoms with E-state index in [4.69, 9.17) is 11.6 Å². The molecule has 1 heterocycles. The van der Waals surface area contributed by atoms with Crippen LogP contribution in [0.1, 0.15) is 15.9 Å². The van der Waals surface area contributed by atoms with E-state index in [2.05, 4.69) is 21.2 Å². The van der Waals surface area contributed by atoms with Crippen molar-refractivity contribution in [3.05, 3.63) is 49.3 Å². The number of carbonyl (C=O) groups is 1. The van der Waals surface area contributed by atoms with Gasteiger partial charge in [0, 0.05) is 9.85 Å². The van der Waals surface area contributed by atoms with Gasteiger partial charge in [0.15, 0.2) is 0 Å². The van der Waals surface area contributed by atoms with Crippen LogP contribution < -0.4 is 5.32 Å². The van der Waals surface area contributed by atoms with Crippen LogP contribution in [0.5, 0.6) is 0 Å². The molecule has 2 rings (SSSR count). The Morgan fingerprint density at radius 3 is 2.72 bits per heavy atom. The van der Waals surface area contributed by atoms with E-state index in [0.29, 0.717) is 15.7 Å². The summed E-state index contributed by atoms with van der Waals surface area (Å²) in [6, 6.07) is 2.41. The first kappa shape index (κ1) is 13.5. The molecule has 6 heteroatoms. The fraction of sp³-hybridized carbons (Fsp3) is 0.0833. The molecule has 18 heavy (non-hydrogen) atoms. The maximum absolute atomic E-state index is 13.1. The lowest BCUT2D eigenvalue weighted by atomic mass is 10.2. The predicted octanol–water partition coefficient (Wildman–Crippen LogP) is 4.86. The van der Waals surface area contributed by atoms with E-state index in [0.717, 1.165) is 11.6 Å². The van der Waals surface area contributed by atoms with E-state index in [9.17, 15) is 9.18 Å². The molecule has 0 radical (unpaired) electrons. The summed E-state index contributed by atoms with van der Waals surface area (Å²) in [6.07, 6.45) is 0. The largest absolute Gasteiger partial charge is 0.320 e. The van der Waals surface area contributed by atoms with Crippen LogP contribution in [0.3, 0.4) is 0 Å². The van der Waals surface area contributed by atoms with Gasteiger partial charge in [0.05, 0.1) is 16.3 Å². The highest BCUT2D eigenvalue weighted by atomic mass is 79.9. The minimum absolute atomic E-state index is 0.156. The molecule has 2 nitrogen and oxygen atoms in total. The van der Waals surface area contributed by atoms with Crippen molar-refractivity contribution in [3.8, 4) is 0 Å². The highest BCUT2D eigenvalue weighted by Gasteiger charge is 2.14. The molecule has 94 valence electrons. The van der Waals surface area contributed by atoms with Crippen LogP contribution in [-0.2, 0) is 0 Å². The molecule has 0 atom stereocenters. The summed E-state index contributed by atoms with van der Waals surface area (Å²) in [4.78, 5) is 12.0. The zero-order chi connectivity index (χ0) is 13.3. The molecule has 2 aromatic rings. The van der Waals surface area contributed by atoms with E-state index < -0.39 is 5.82 Å². The van der Waals surface area contributed by atoms with E-state index >= 15 is 0 Å². The van der Waals surface area contributed by atoms with Crippen molar-refractivity contribution in [2.24, 2.45) is 0 Å². The Labute approximate surface area is 121 Å². The Morgan fingerprint density at radius 2 is 2.17 bits per heavy atom. The first-order valence-corrected chi connectivity index (χ1v) is 7.09. The van der Waals surface area contributed by atoms with Gasteiger partial charge in [-0.05, 0) is 45.9 Å². The SMILES string of the molecule is Cc1cscc1C(=O)Nc1c(Cl)cc(F)cc1Br. The average Bonchev–Trinajstić information content (AvgIpc) is 2.69. The number of benzene rings is 1. The van der Waals surface area contributed by atoms with E-state index in [1.165, 1.54) is 17.4 Å². The van der Waals surface area contributed by atoms with Gasteiger partial charge in [-0.25, -0.2) is 4.39 Å². The standard InChI is InChI=1S/C12H8BrClFNOS/c1-6-4-18-5-8(6)12(17)16-11-9(13)2-7(15)3-10(11)14/h2-5H,1H3,(H,16,17). The molecule has 0 saturated carbocycles. The average molecular weight is 349 g/mol. The molecule has 0 aliphatic rings. The van der Waals surface area contributed by atoms with Gasteiger partial charge in [0.2, 0.25) is 0 Å². The number of anilines is 1. The lowest BCUT2D eigenvalue weighted by molar-refractivity contribution is 0.102. The highest BCUT2D eigenvalue weighted by Crippen LogP contribution is 2.32. The minimum atomic E-state index is -0.461. The first-order chi connectivity index (χ1) is 8.49. The maximum atomic E-state index is 13.1. The van der Waals surface area contributed by atoms with Crippen LogP contribution >= 0.6 is 38.9 Å². The fourth-order valence-corrected chi connectivity index (χ4v) is 3.16. The molecule has 0 bridgehead atoms. The van der Waals surface area contributed by atoms with Crippen LogP contribution in [0, 0.1) is 12.7 Å². The number of thiophene rings is 1. The van der Waals surface area contributed by atoms with Gasteiger partial charge in [-0.2, -0.15) is 11.3 Å². The molecule has 1 aromatic carbocycles. The summed E-state index contributed by atoms with van der Waals surface area (Å²) in [5.74, 6) is -0.723. The molecule has 1 amide bonds. The van der Waals surface area contributed by atoms with Crippen molar-refractivity contribution in [1.82, 2.24) is 0 Å². The van der Waals surface area contributed by atoms with Crippen LogP contribution in [0.15, 0.2) is 27.4 Å². The van der Waals surface area contributed by atoms with E-state index in [1.54, 1.807) is 5.38 Å². The van der Waals surface area contributed by atoms with Gasteiger partial charge in [0.1, 0.15) is 5.82 Å². The first-order valence-electron chi connectivity index (χ1n) is 4.97. The maximum Gasteiger partial charge on any atom is 0.256 e. The summed E-state index contributed by atoms with van der Waals surface area (Å²) >= 11 is 10.5. The molecule has 0 saturated heterocycles. The molecule has 0 spiro atoms. The Balaban J connectivity index is 2.31. The van der Waals surface area contributed by atoms with Crippen molar-refractivity contribution >= 4 is 50.5 Å². The molecule has 0 aliphatic heterocycles. The third kappa shape index (κ3) is 2.74. The van der Waals surface area contributed by atoms with Gasteiger partial charge in [-0.15, -0.1) is 0 Å². The van der Waals surface area contributed by atoms with E-state index in [1.807, 2.05) is 12.3 Å². The van der Waals surface area contributed by atoms with Crippen molar-refractivity contribution in [2.75, 3.05) is 5.32 Å². The van der Waals surface area contributed by atoms with Crippen molar-refractivity contribution in [2.45, 2.75) is 6.92 Å². The second kappa shape index (κ2) is 5.38. The fourth-order valence-electron chi connectivity index (χ4n) is 1.44. The van der Waals surface area contributed by atoms with Gasteiger partial charge in [0.25, 0.3) is 5.91 Å². The number of rotatable bonds is 2. The normalized spacial score (nSPS) is 10.4. The number of carbonyl (C=O) groups excluding carboxylic acids is 1. The second-order valence-electron chi connectivity index (χ2n) is 3.67. The number of aryl methyl sites for hydroxylation is 1. The third-order valence-electron chi connectivity index (χ3n) is 2.35. The summed E-state index contributed by atoms with van der Waals surface area (Å²) in [5.41, 5.74) is 1.85. The topological polar surface area (TPSA) is 29.1 Å². The highest BCUT2D eigenvalue weighted by molar-refractivity contribution is 9.10. The lowest BCUT2D eigenvalue weighted by Gasteiger charge is -2.09. The van der Waals surface area contributed by atoms with Gasteiger partial charge < -0.3 is 5.32 Å². The number of amides is 1. The molecule has 0 aliphatic carbocycles. The van der Waals surface area contributed by atoms with Crippen molar-refractivity contribution in [1.29, 1.82) is 0 Å². The Kier molecular flexibility index (Phi) is 4.04. The summed E-state index contributed by atoms with van der Waals surface area (Å²) in [7, 11) is 0. The second-order valence-corrected chi connectivity index (χ2v) is 5.67. The van der Waals surface area contributed by atoms with Gasteiger partial charge in [-0.1, -0.05) is 11.6 Å².